The van der Waals surface area contributed by atoms with Crippen LogP contribution in [-0.4, -0.2) is 31.4 Å². The summed E-state index contributed by atoms with van der Waals surface area (Å²) in [4.78, 5) is 16.9. The van der Waals surface area contributed by atoms with Crippen molar-refractivity contribution in [3.63, 3.8) is 0 Å². The number of fused-ring (bicyclic) bond motifs is 1. The minimum Gasteiger partial charge on any atom is -0.300 e. The molecule has 0 saturated carbocycles. The molecule has 0 fully saturated rings. The molecule has 0 bridgehead atoms. The zero-order chi connectivity index (χ0) is 17.9. The van der Waals surface area contributed by atoms with Crippen molar-refractivity contribution >= 4 is 45.2 Å². The van der Waals surface area contributed by atoms with Crippen LogP contribution in [-0.2, 0) is 4.79 Å². The standard InChI is InChI=1S/C18H15N5OS2/c1-12-6-8-13(9-7-12)23-15-5-3-2-4-14(15)20-18(23)25-10-16(24)21-17-22-19-11-26-17/h2-9,11H,10H2,1H3,(H,21,22,24). The van der Waals surface area contributed by atoms with Crippen LogP contribution in [0.4, 0.5) is 5.13 Å². The van der Waals surface area contributed by atoms with Crippen LogP contribution in [0.15, 0.2) is 59.2 Å². The van der Waals surface area contributed by atoms with Gasteiger partial charge in [-0.1, -0.05) is 52.9 Å². The number of hydrogen-bond acceptors (Lipinski definition) is 6. The third-order valence-electron chi connectivity index (χ3n) is 3.76. The van der Waals surface area contributed by atoms with E-state index in [-0.39, 0.29) is 11.7 Å². The molecule has 130 valence electrons. The molecular formula is C18H15N5OS2. The van der Waals surface area contributed by atoms with Crippen LogP contribution in [0.3, 0.4) is 0 Å². The molecule has 0 aliphatic carbocycles. The summed E-state index contributed by atoms with van der Waals surface area (Å²) in [6, 6.07) is 16.2. The molecule has 0 aliphatic rings. The van der Waals surface area contributed by atoms with Crippen molar-refractivity contribution in [1.29, 1.82) is 0 Å². The van der Waals surface area contributed by atoms with E-state index in [2.05, 4.69) is 51.3 Å². The van der Waals surface area contributed by atoms with Crippen molar-refractivity contribution in [2.45, 2.75) is 12.1 Å². The van der Waals surface area contributed by atoms with E-state index in [1.807, 2.05) is 24.3 Å². The number of carbonyl (C=O) groups excluding carboxylic acids is 1. The van der Waals surface area contributed by atoms with Gasteiger partial charge in [0.25, 0.3) is 0 Å². The SMILES string of the molecule is Cc1ccc(-n2c(SCC(=O)Nc3nncs3)nc3ccccc32)cc1. The minimum atomic E-state index is -0.130. The van der Waals surface area contributed by atoms with Crippen molar-refractivity contribution in [2.24, 2.45) is 0 Å². The maximum atomic E-state index is 12.2. The van der Waals surface area contributed by atoms with Gasteiger partial charge in [-0.05, 0) is 31.2 Å². The highest BCUT2D eigenvalue weighted by Crippen LogP contribution is 2.28. The van der Waals surface area contributed by atoms with Crippen molar-refractivity contribution in [3.8, 4) is 5.69 Å². The average molecular weight is 381 g/mol. The van der Waals surface area contributed by atoms with E-state index in [1.54, 1.807) is 5.51 Å². The molecule has 4 rings (SSSR count). The molecule has 0 radical (unpaired) electrons. The predicted molar refractivity (Wildman–Crippen MR) is 105 cm³/mol. The summed E-state index contributed by atoms with van der Waals surface area (Å²) < 4.78 is 2.08. The first-order valence-corrected chi connectivity index (χ1v) is 9.80. The molecule has 2 aromatic heterocycles. The molecule has 2 heterocycles. The Morgan fingerprint density at radius 2 is 2.00 bits per heavy atom. The maximum Gasteiger partial charge on any atom is 0.236 e. The van der Waals surface area contributed by atoms with E-state index >= 15 is 0 Å². The molecule has 6 nitrogen and oxygen atoms in total. The lowest BCUT2D eigenvalue weighted by atomic mass is 10.2. The Hall–Kier alpha value is -2.71. The van der Waals surface area contributed by atoms with Gasteiger partial charge in [0.05, 0.1) is 16.8 Å². The van der Waals surface area contributed by atoms with Gasteiger partial charge in [-0.15, -0.1) is 10.2 Å². The fourth-order valence-electron chi connectivity index (χ4n) is 2.56. The molecule has 0 atom stereocenters. The number of imidazole rings is 1. The fourth-order valence-corrected chi connectivity index (χ4v) is 3.85. The van der Waals surface area contributed by atoms with Gasteiger partial charge in [-0.2, -0.15) is 0 Å². The maximum absolute atomic E-state index is 12.2. The van der Waals surface area contributed by atoms with Gasteiger partial charge in [0.15, 0.2) is 5.16 Å². The first-order valence-electron chi connectivity index (χ1n) is 7.94. The van der Waals surface area contributed by atoms with Crippen LogP contribution in [0.2, 0.25) is 0 Å². The molecule has 26 heavy (non-hydrogen) atoms. The Balaban J connectivity index is 1.63. The van der Waals surface area contributed by atoms with E-state index in [9.17, 15) is 4.79 Å². The van der Waals surface area contributed by atoms with Gasteiger partial charge in [0.2, 0.25) is 11.0 Å². The number of hydrogen-bond donors (Lipinski definition) is 1. The number of benzene rings is 2. The first kappa shape index (κ1) is 16.7. The highest BCUT2D eigenvalue weighted by Gasteiger charge is 2.15. The molecule has 0 aliphatic heterocycles. The van der Waals surface area contributed by atoms with Gasteiger partial charge in [0.1, 0.15) is 5.51 Å². The minimum absolute atomic E-state index is 0.130. The first-order chi connectivity index (χ1) is 12.7. The van der Waals surface area contributed by atoms with Crippen LogP contribution in [0.1, 0.15) is 5.56 Å². The summed E-state index contributed by atoms with van der Waals surface area (Å²) >= 11 is 2.69. The highest BCUT2D eigenvalue weighted by molar-refractivity contribution is 7.99. The van der Waals surface area contributed by atoms with Gasteiger partial charge in [0, 0.05) is 5.69 Å². The molecule has 1 N–H and O–H groups in total. The molecule has 8 heteroatoms. The highest BCUT2D eigenvalue weighted by atomic mass is 32.2. The number of nitrogens with zero attached hydrogens (tertiary/aromatic N) is 4. The number of para-hydroxylation sites is 2. The summed E-state index contributed by atoms with van der Waals surface area (Å²) in [6.07, 6.45) is 0. The zero-order valence-electron chi connectivity index (χ0n) is 13.9. The van der Waals surface area contributed by atoms with Crippen LogP contribution in [0, 0.1) is 6.92 Å². The average Bonchev–Trinajstić information content (AvgIpc) is 3.28. The summed E-state index contributed by atoms with van der Waals surface area (Å²) in [6.45, 7) is 2.06. The summed E-state index contributed by atoms with van der Waals surface area (Å²) in [7, 11) is 0. The topological polar surface area (TPSA) is 72.7 Å². The second kappa shape index (κ2) is 7.27. The number of carbonyl (C=O) groups is 1. The van der Waals surface area contributed by atoms with Crippen LogP contribution in [0.25, 0.3) is 16.7 Å². The molecule has 4 aromatic rings. The van der Waals surface area contributed by atoms with Gasteiger partial charge < -0.3 is 0 Å². The molecular weight excluding hydrogens is 366 g/mol. The van der Waals surface area contributed by atoms with Gasteiger partial charge >= 0.3 is 0 Å². The second-order valence-corrected chi connectivity index (χ2v) is 7.41. The van der Waals surface area contributed by atoms with Gasteiger partial charge in [-0.3, -0.25) is 14.7 Å². The Labute approximate surface area is 158 Å². The van der Waals surface area contributed by atoms with Crippen molar-refractivity contribution in [2.75, 3.05) is 11.1 Å². The molecule has 1 amide bonds. The summed E-state index contributed by atoms with van der Waals surface area (Å²) in [5, 5.41) is 11.6. The van der Waals surface area contributed by atoms with E-state index < -0.39 is 0 Å². The monoisotopic (exact) mass is 381 g/mol. The van der Waals surface area contributed by atoms with Gasteiger partial charge in [-0.25, -0.2) is 4.98 Å². The quantitative estimate of drug-likeness (QED) is 0.531. The Morgan fingerprint density at radius 3 is 2.77 bits per heavy atom. The summed E-state index contributed by atoms with van der Waals surface area (Å²) in [5.74, 6) is 0.114. The van der Waals surface area contributed by atoms with Crippen molar-refractivity contribution < 1.29 is 4.79 Å². The van der Waals surface area contributed by atoms with Crippen LogP contribution >= 0.6 is 23.1 Å². The largest absolute Gasteiger partial charge is 0.300 e. The Bertz CT molecular complexity index is 1040. The fraction of sp³-hybridized carbons (Fsp3) is 0.111. The second-order valence-electron chi connectivity index (χ2n) is 5.63. The van der Waals surface area contributed by atoms with E-state index in [0.717, 1.165) is 21.9 Å². The van der Waals surface area contributed by atoms with E-state index in [4.69, 9.17) is 4.98 Å². The third-order valence-corrected chi connectivity index (χ3v) is 5.31. The molecule has 0 unspecified atom stereocenters. The molecule has 2 aromatic carbocycles. The lowest BCUT2D eigenvalue weighted by molar-refractivity contribution is -0.113. The number of nitrogens with one attached hydrogen (secondary N) is 1. The number of aromatic nitrogens is 4. The van der Waals surface area contributed by atoms with Crippen molar-refractivity contribution in [1.82, 2.24) is 19.7 Å². The third kappa shape index (κ3) is 3.47. The number of aryl methyl sites for hydroxylation is 1. The number of rotatable bonds is 5. The predicted octanol–water partition coefficient (Wildman–Crippen LogP) is 3.92. The number of thioether (sulfide) groups is 1. The smallest absolute Gasteiger partial charge is 0.236 e. The lowest BCUT2D eigenvalue weighted by Gasteiger charge is -2.09. The lowest BCUT2D eigenvalue weighted by Crippen LogP contribution is -2.14. The van der Waals surface area contributed by atoms with E-state index in [1.165, 1.54) is 28.7 Å². The zero-order valence-corrected chi connectivity index (χ0v) is 15.5. The van der Waals surface area contributed by atoms with Crippen molar-refractivity contribution in [3.05, 3.63) is 59.6 Å². The number of anilines is 1. The van der Waals surface area contributed by atoms with Crippen LogP contribution < -0.4 is 5.32 Å². The molecule has 0 saturated heterocycles. The normalized spacial score (nSPS) is 11.0. The van der Waals surface area contributed by atoms with Crippen LogP contribution in [0.5, 0.6) is 0 Å². The Kier molecular flexibility index (Phi) is 4.68. The summed E-state index contributed by atoms with van der Waals surface area (Å²) in [5.41, 5.74) is 5.73. The molecule has 0 spiro atoms. The number of amides is 1. The Morgan fingerprint density at radius 1 is 1.19 bits per heavy atom. The van der Waals surface area contributed by atoms with E-state index in [0.29, 0.717) is 5.13 Å².